The van der Waals surface area contributed by atoms with Gasteiger partial charge in [-0.25, -0.2) is 0 Å². The van der Waals surface area contributed by atoms with Crippen LogP contribution in [0.25, 0.3) is 0 Å². The van der Waals surface area contributed by atoms with Crippen LogP contribution in [0.3, 0.4) is 0 Å². The Morgan fingerprint density at radius 3 is 2.40 bits per heavy atom. The van der Waals surface area contributed by atoms with E-state index >= 15 is 0 Å². The van der Waals surface area contributed by atoms with Crippen LogP contribution >= 0.6 is 0 Å². The third-order valence-corrected chi connectivity index (χ3v) is 2.62. The molecule has 1 unspecified atom stereocenters. The van der Waals surface area contributed by atoms with Gasteiger partial charge in [0.05, 0.1) is 0 Å². The van der Waals surface area contributed by atoms with Crippen molar-refractivity contribution in [1.29, 1.82) is 0 Å². The molecule has 1 fully saturated rings. The fraction of sp³-hybridized carbons (Fsp3) is 0.800. The molecule has 0 N–H and O–H groups in total. The third kappa shape index (κ3) is 1.77. The zero-order chi connectivity index (χ0) is 7.40. The van der Waals surface area contributed by atoms with Crippen molar-refractivity contribution in [2.24, 2.45) is 11.8 Å². The zero-order valence-electron chi connectivity index (χ0n) is 6.77. The lowest BCUT2D eigenvalue weighted by atomic mass is 9.81. The van der Waals surface area contributed by atoms with Crippen molar-refractivity contribution in [3.05, 3.63) is 0 Å². The first-order chi connectivity index (χ1) is 4.84. The van der Waals surface area contributed by atoms with Crippen molar-refractivity contribution < 1.29 is 0 Å². The lowest BCUT2D eigenvalue weighted by Gasteiger charge is -2.23. The van der Waals surface area contributed by atoms with Crippen molar-refractivity contribution in [2.75, 3.05) is 0 Å². The molecule has 1 rings (SSSR count). The predicted molar refractivity (Wildman–Crippen MR) is 44.6 cm³/mol. The molecule has 1 saturated carbocycles. The zero-order valence-corrected chi connectivity index (χ0v) is 6.77. The van der Waals surface area contributed by atoms with Gasteiger partial charge in [0.2, 0.25) is 0 Å². The van der Waals surface area contributed by atoms with Gasteiger partial charge in [-0.1, -0.05) is 26.2 Å². The van der Waals surface area contributed by atoms with Gasteiger partial charge in [0.1, 0.15) is 0 Å². The monoisotopic (exact) mass is 136 g/mol. The van der Waals surface area contributed by atoms with Crippen LogP contribution in [-0.4, -0.2) is 0 Å². The summed E-state index contributed by atoms with van der Waals surface area (Å²) in [6, 6.07) is 0. The van der Waals surface area contributed by atoms with E-state index in [9.17, 15) is 0 Å². The number of hydrogen-bond acceptors (Lipinski definition) is 0. The fourth-order valence-corrected chi connectivity index (χ4v) is 1.77. The summed E-state index contributed by atoms with van der Waals surface area (Å²) in [4.78, 5) is 0. The Balaban J connectivity index is 2.33. The van der Waals surface area contributed by atoms with E-state index in [1.54, 1.807) is 0 Å². The largest absolute Gasteiger partial charge is 0.120 e. The van der Waals surface area contributed by atoms with Gasteiger partial charge < -0.3 is 0 Å². The highest BCUT2D eigenvalue weighted by Crippen LogP contribution is 2.29. The van der Waals surface area contributed by atoms with Crippen LogP contribution in [0.1, 0.15) is 39.0 Å². The molecular weight excluding hydrogens is 120 g/mol. The molecule has 1 atom stereocenters. The Bertz CT molecular complexity index is 123. The Hall–Kier alpha value is -0.440. The minimum absolute atomic E-state index is 0.514. The summed E-state index contributed by atoms with van der Waals surface area (Å²) in [5, 5.41) is 0. The van der Waals surface area contributed by atoms with E-state index in [1.165, 1.54) is 32.1 Å². The standard InChI is InChI=1S/C10H16/c1-3-9(2)10-7-5-4-6-8-10/h1,9-10H,4-8H2,2H3. The molecule has 0 aromatic carbocycles. The van der Waals surface area contributed by atoms with Crippen molar-refractivity contribution >= 4 is 0 Å². The average Bonchev–Trinajstić information content (AvgIpc) is 2.05. The molecule has 0 amide bonds. The number of hydrogen-bond donors (Lipinski definition) is 0. The molecule has 0 radical (unpaired) electrons. The first-order valence-corrected chi connectivity index (χ1v) is 4.30. The van der Waals surface area contributed by atoms with E-state index in [-0.39, 0.29) is 0 Å². The van der Waals surface area contributed by atoms with Gasteiger partial charge in [-0.05, 0) is 18.8 Å². The summed E-state index contributed by atoms with van der Waals surface area (Å²) in [5.74, 6) is 4.18. The molecule has 0 saturated heterocycles. The second-order valence-electron chi connectivity index (χ2n) is 3.35. The highest BCUT2D eigenvalue weighted by atomic mass is 14.2. The summed E-state index contributed by atoms with van der Waals surface area (Å²) >= 11 is 0. The molecule has 0 bridgehead atoms. The summed E-state index contributed by atoms with van der Waals surface area (Å²) in [6.07, 6.45) is 12.3. The van der Waals surface area contributed by atoms with Crippen molar-refractivity contribution in [1.82, 2.24) is 0 Å². The fourth-order valence-electron chi connectivity index (χ4n) is 1.77. The molecule has 0 heteroatoms. The minimum atomic E-state index is 0.514. The summed E-state index contributed by atoms with van der Waals surface area (Å²) in [5.41, 5.74) is 0. The molecular formula is C10H16. The van der Waals surface area contributed by atoms with Crippen LogP contribution in [0.4, 0.5) is 0 Å². The van der Waals surface area contributed by atoms with Gasteiger partial charge in [-0.15, -0.1) is 12.3 Å². The molecule has 0 aromatic heterocycles. The van der Waals surface area contributed by atoms with E-state index in [0.29, 0.717) is 5.92 Å². The van der Waals surface area contributed by atoms with Crippen LogP contribution in [-0.2, 0) is 0 Å². The van der Waals surface area contributed by atoms with E-state index < -0.39 is 0 Å². The molecule has 1 aliphatic rings. The summed E-state index contributed by atoms with van der Waals surface area (Å²) in [7, 11) is 0. The van der Waals surface area contributed by atoms with E-state index in [0.717, 1.165) is 5.92 Å². The van der Waals surface area contributed by atoms with Crippen LogP contribution in [0.15, 0.2) is 0 Å². The first kappa shape index (κ1) is 7.66. The third-order valence-electron chi connectivity index (χ3n) is 2.62. The maximum absolute atomic E-state index is 5.35. The smallest absolute Gasteiger partial charge is 0.0200 e. The van der Waals surface area contributed by atoms with Crippen LogP contribution in [0.5, 0.6) is 0 Å². The minimum Gasteiger partial charge on any atom is -0.120 e. The van der Waals surface area contributed by atoms with E-state index in [2.05, 4.69) is 12.8 Å². The first-order valence-electron chi connectivity index (χ1n) is 4.30. The van der Waals surface area contributed by atoms with E-state index in [4.69, 9.17) is 6.42 Å². The maximum Gasteiger partial charge on any atom is 0.0200 e. The second kappa shape index (κ2) is 3.66. The Kier molecular flexibility index (Phi) is 2.81. The molecule has 1 aliphatic carbocycles. The second-order valence-corrected chi connectivity index (χ2v) is 3.35. The van der Waals surface area contributed by atoms with Gasteiger partial charge in [0.25, 0.3) is 0 Å². The molecule has 0 aromatic rings. The van der Waals surface area contributed by atoms with Crippen molar-refractivity contribution in [3.8, 4) is 12.3 Å². The molecule has 0 heterocycles. The summed E-state index contributed by atoms with van der Waals surface area (Å²) in [6.45, 7) is 2.18. The topological polar surface area (TPSA) is 0 Å². The van der Waals surface area contributed by atoms with Crippen LogP contribution in [0, 0.1) is 24.2 Å². The summed E-state index contributed by atoms with van der Waals surface area (Å²) < 4.78 is 0. The quantitative estimate of drug-likeness (QED) is 0.486. The van der Waals surface area contributed by atoms with Crippen LogP contribution < -0.4 is 0 Å². The van der Waals surface area contributed by atoms with Gasteiger partial charge in [0.15, 0.2) is 0 Å². The average molecular weight is 136 g/mol. The Morgan fingerprint density at radius 2 is 1.90 bits per heavy atom. The molecule has 56 valence electrons. The molecule has 0 aliphatic heterocycles. The number of rotatable bonds is 1. The molecule has 0 nitrogen and oxygen atoms in total. The Labute approximate surface area is 64.0 Å². The van der Waals surface area contributed by atoms with Gasteiger partial charge in [0, 0.05) is 5.92 Å². The normalized spacial score (nSPS) is 23.6. The highest BCUT2D eigenvalue weighted by molar-refractivity contribution is 4.94. The van der Waals surface area contributed by atoms with Gasteiger partial charge >= 0.3 is 0 Å². The Morgan fingerprint density at radius 1 is 1.30 bits per heavy atom. The van der Waals surface area contributed by atoms with Gasteiger partial charge in [-0.2, -0.15) is 0 Å². The molecule has 0 spiro atoms. The van der Waals surface area contributed by atoms with E-state index in [1.807, 2.05) is 0 Å². The van der Waals surface area contributed by atoms with Crippen molar-refractivity contribution in [2.45, 2.75) is 39.0 Å². The lowest BCUT2D eigenvalue weighted by Crippen LogP contribution is -2.13. The SMILES string of the molecule is C#CC(C)C1CCCCC1. The lowest BCUT2D eigenvalue weighted by molar-refractivity contribution is 0.306. The number of terminal acetylenes is 1. The highest BCUT2D eigenvalue weighted by Gasteiger charge is 2.17. The van der Waals surface area contributed by atoms with Crippen LogP contribution in [0.2, 0.25) is 0 Å². The predicted octanol–water partition coefficient (Wildman–Crippen LogP) is 2.84. The molecule has 10 heavy (non-hydrogen) atoms. The van der Waals surface area contributed by atoms with Crippen molar-refractivity contribution in [3.63, 3.8) is 0 Å². The van der Waals surface area contributed by atoms with Gasteiger partial charge in [-0.3, -0.25) is 0 Å². The maximum atomic E-state index is 5.35.